The predicted molar refractivity (Wildman–Crippen MR) is 92.3 cm³/mol. The Labute approximate surface area is 130 Å². The van der Waals surface area contributed by atoms with Gasteiger partial charge in [-0.1, -0.05) is 76.0 Å². The molecule has 0 fully saturated rings. The van der Waals surface area contributed by atoms with E-state index < -0.39 is 0 Å². The van der Waals surface area contributed by atoms with Crippen molar-refractivity contribution in [3.63, 3.8) is 0 Å². The first-order valence-electron chi connectivity index (χ1n) is 8.53. The standard InChI is InChI=1S/C20H30O/c1-3-5-7-9-11-13-15-19-18(16-17-20(19)21)14-12-10-8-6-4-2/h10-13,15-18H,3-9,14H2,1-2H3/b12-10-,13-11+,19-15+. The van der Waals surface area contributed by atoms with Gasteiger partial charge in [0.25, 0.3) is 0 Å². The zero-order chi connectivity index (χ0) is 15.3. The Balaban J connectivity index is 2.42. The zero-order valence-corrected chi connectivity index (χ0v) is 13.7. The molecule has 1 aliphatic carbocycles. The summed E-state index contributed by atoms with van der Waals surface area (Å²) in [5, 5.41) is 0. The molecule has 1 nitrogen and oxygen atoms in total. The molecule has 1 heteroatoms. The van der Waals surface area contributed by atoms with Crippen LogP contribution in [0.3, 0.4) is 0 Å². The lowest BCUT2D eigenvalue weighted by Crippen LogP contribution is -2.01. The van der Waals surface area contributed by atoms with Crippen molar-refractivity contribution in [2.45, 2.75) is 65.2 Å². The van der Waals surface area contributed by atoms with Gasteiger partial charge in [0.15, 0.2) is 5.78 Å². The molecule has 0 amide bonds. The van der Waals surface area contributed by atoms with Gasteiger partial charge in [-0.05, 0) is 31.8 Å². The van der Waals surface area contributed by atoms with Crippen molar-refractivity contribution in [1.82, 2.24) is 0 Å². The molecule has 1 atom stereocenters. The molecule has 0 aromatic carbocycles. The normalized spacial score (nSPS) is 20.6. The van der Waals surface area contributed by atoms with E-state index in [1.54, 1.807) is 6.08 Å². The summed E-state index contributed by atoms with van der Waals surface area (Å²) in [4.78, 5) is 11.9. The second kappa shape index (κ2) is 11.3. The number of hydrogen-bond acceptors (Lipinski definition) is 1. The van der Waals surface area contributed by atoms with Crippen LogP contribution < -0.4 is 0 Å². The molecule has 21 heavy (non-hydrogen) atoms. The summed E-state index contributed by atoms with van der Waals surface area (Å²) >= 11 is 0. The van der Waals surface area contributed by atoms with Crippen LogP contribution in [-0.4, -0.2) is 5.78 Å². The number of allylic oxidation sites excluding steroid dienone is 8. The minimum atomic E-state index is 0.181. The van der Waals surface area contributed by atoms with Crippen LogP contribution in [0.15, 0.2) is 48.1 Å². The van der Waals surface area contributed by atoms with Gasteiger partial charge >= 0.3 is 0 Å². The Morgan fingerprint density at radius 3 is 2.52 bits per heavy atom. The largest absolute Gasteiger partial charge is 0.290 e. The maximum atomic E-state index is 11.9. The second-order valence-electron chi connectivity index (χ2n) is 5.73. The van der Waals surface area contributed by atoms with Crippen LogP contribution in [0.1, 0.15) is 65.2 Å². The summed E-state index contributed by atoms with van der Waals surface area (Å²) in [5.74, 6) is 0.454. The minimum absolute atomic E-state index is 0.181. The number of rotatable bonds is 10. The average molecular weight is 286 g/mol. The SMILES string of the molecule is CCCC/C=C\CC1C=CC(=O)/C1=C/C=C/CCCCC. The van der Waals surface area contributed by atoms with Gasteiger partial charge in [0.2, 0.25) is 0 Å². The molecule has 1 rings (SSSR count). The molecule has 0 spiro atoms. The number of carbonyl (C=O) groups is 1. The summed E-state index contributed by atoms with van der Waals surface area (Å²) < 4.78 is 0. The second-order valence-corrected chi connectivity index (χ2v) is 5.73. The molecule has 116 valence electrons. The molecule has 0 saturated heterocycles. The first kappa shape index (κ1) is 17.7. The highest BCUT2D eigenvalue weighted by Gasteiger charge is 2.20. The quantitative estimate of drug-likeness (QED) is 0.276. The van der Waals surface area contributed by atoms with Gasteiger partial charge < -0.3 is 0 Å². The number of ketones is 1. The van der Waals surface area contributed by atoms with Crippen molar-refractivity contribution < 1.29 is 4.79 Å². The number of carbonyl (C=O) groups excluding carboxylic acids is 1. The Morgan fingerprint density at radius 2 is 1.76 bits per heavy atom. The Hall–Kier alpha value is -1.37. The third kappa shape index (κ3) is 7.27. The van der Waals surface area contributed by atoms with E-state index in [0.717, 1.165) is 24.8 Å². The molecule has 0 N–H and O–H groups in total. The van der Waals surface area contributed by atoms with Crippen LogP contribution >= 0.6 is 0 Å². The Bertz CT molecular complexity index is 410. The number of hydrogen-bond donors (Lipinski definition) is 0. The lowest BCUT2D eigenvalue weighted by molar-refractivity contribution is -0.111. The van der Waals surface area contributed by atoms with Crippen LogP contribution in [0.4, 0.5) is 0 Å². The summed E-state index contributed by atoms with van der Waals surface area (Å²) in [5.41, 5.74) is 0.946. The van der Waals surface area contributed by atoms with Crippen LogP contribution in [-0.2, 0) is 4.79 Å². The lowest BCUT2D eigenvalue weighted by atomic mass is 9.97. The highest BCUT2D eigenvalue weighted by Crippen LogP contribution is 2.25. The fraction of sp³-hybridized carbons (Fsp3) is 0.550. The molecular weight excluding hydrogens is 256 g/mol. The smallest absolute Gasteiger partial charge is 0.182 e. The lowest BCUT2D eigenvalue weighted by Gasteiger charge is -2.06. The van der Waals surface area contributed by atoms with Crippen molar-refractivity contribution in [3.8, 4) is 0 Å². The Morgan fingerprint density at radius 1 is 1.00 bits per heavy atom. The van der Waals surface area contributed by atoms with Gasteiger partial charge in [0.05, 0.1) is 0 Å². The van der Waals surface area contributed by atoms with Crippen LogP contribution in [0.5, 0.6) is 0 Å². The fourth-order valence-corrected chi connectivity index (χ4v) is 2.46. The molecule has 0 radical (unpaired) electrons. The van der Waals surface area contributed by atoms with E-state index >= 15 is 0 Å². The molecule has 0 aromatic rings. The van der Waals surface area contributed by atoms with E-state index in [2.05, 4.69) is 38.2 Å². The summed E-state index contributed by atoms with van der Waals surface area (Å²) in [6, 6.07) is 0. The fourth-order valence-electron chi connectivity index (χ4n) is 2.46. The zero-order valence-electron chi connectivity index (χ0n) is 13.7. The molecule has 0 saturated carbocycles. The first-order chi connectivity index (χ1) is 10.3. The first-order valence-corrected chi connectivity index (χ1v) is 8.53. The average Bonchev–Trinajstić information content (AvgIpc) is 2.83. The molecule has 1 aliphatic rings. The number of unbranched alkanes of at least 4 members (excludes halogenated alkanes) is 5. The van der Waals surface area contributed by atoms with Gasteiger partial charge in [-0.2, -0.15) is 0 Å². The highest BCUT2D eigenvalue weighted by atomic mass is 16.1. The highest BCUT2D eigenvalue weighted by molar-refractivity contribution is 6.07. The Kier molecular flexibility index (Phi) is 9.52. The van der Waals surface area contributed by atoms with E-state index in [-0.39, 0.29) is 11.7 Å². The van der Waals surface area contributed by atoms with Gasteiger partial charge in [0.1, 0.15) is 0 Å². The van der Waals surface area contributed by atoms with Gasteiger partial charge in [-0.3, -0.25) is 4.79 Å². The van der Waals surface area contributed by atoms with Gasteiger partial charge in [-0.15, -0.1) is 0 Å². The van der Waals surface area contributed by atoms with E-state index in [1.807, 2.05) is 12.2 Å². The molecule has 1 unspecified atom stereocenters. The molecule has 0 bridgehead atoms. The van der Waals surface area contributed by atoms with Crippen LogP contribution in [0.25, 0.3) is 0 Å². The minimum Gasteiger partial charge on any atom is -0.290 e. The van der Waals surface area contributed by atoms with E-state index in [9.17, 15) is 4.79 Å². The van der Waals surface area contributed by atoms with Crippen molar-refractivity contribution in [2.75, 3.05) is 0 Å². The maximum Gasteiger partial charge on any atom is 0.182 e. The summed E-state index contributed by atoms with van der Waals surface area (Å²) in [6.07, 6.45) is 24.0. The molecular formula is C20H30O. The summed E-state index contributed by atoms with van der Waals surface area (Å²) in [7, 11) is 0. The monoisotopic (exact) mass is 286 g/mol. The van der Waals surface area contributed by atoms with E-state index in [4.69, 9.17) is 0 Å². The third-order valence-electron chi connectivity index (χ3n) is 3.83. The van der Waals surface area contributed by atoms with Crippen LogP contribution in [0.2, 0.25) is 0 Å². The van der Waals surface area contributed by atoms with Crippen molar-refractivity contribution in [3.05, 3.63) is 48.1 Å². The summed E-state index contributed by atoms with van der Waals surface area (Å²) in [6.45, 7) is 4.42. The maximum absolute atomic E-state index is 11.9. The molecule has 0 heterocycles. The van der Waals surface area contributed by atoms with Crippen molar-refractivity contribution >= 4 is 5.78 Å². The third-order valence-corrected chi connectivity index (χ3v) is 3.83. The van der Waals surface area contributed by atoms with Gasteiger partial charge in [-0.25, -0.2) is 0 Å². The molecule has 0 aromatic heterocycles. The molecule has 0 aliphatic heterocycles. The van der Waals surface area contributed by atoms with Crippen molar-refractivity contribution in [2.24, 2.45) is 5.92 Å². The topological polar surface area (TPSA) is 17.1 Å². The van der Waals surface area contributed by atoms with E-state index in [1.165, 1.54) is 32.1 Å². The van der Waals surface area contributed by atoms with Gasteiger partial charge in [0, 0.05) is 11.5 Å². The predicted octanol–water partition coefficient (Wildman–Crippen LogP) is 5.94. The van der Waals surface area contributed by atoms with Crippen LogP contribution in [0, 0.1) is 5.92 Å². The van der Waals surface area contributed by atoms with Crippen molar-refractivity contribution in [1.29, 1.82) is 0 Å². The van der Waals surface area contributed by atoms with E-state index in [0.29, 0.717) is 0 Å².